The van der Waals surface area contributed by atoms with Crippen LogP contribution in [0.25, 0.3) is 11.0 Å². The predicted octanol–water partition coefficient (Wildman–Crippen LogP) is 3.80. The molecule has 6 heteroatoms. The predicted molar refractivity (Wildman–Crippen MR) is 104 cm³/mol. The molecule has 6 nitrogen and oxygen atoms in total. The number of hydrogen-bond acceptors (Lipinski definition) is 5. The summed E-state index contributed by atoms with van der Waals surface area (Å²) in [6, 6.07) is 15.1. The first-order chi connectivity index (χ1) is 13.0. The fraction of sp³-hybridized carbons (Fsp3) is 0.190. The van der Waals surface area contributed by atoms with Gasteiger partial charge >= 0.3 is 0 Å². The van der Waals surface area contributed by atoms with Gasteiger partial charge in [-0.05, 0) is 50.2 Å². The minimum absolute atomic E-state index is 0.0809. The molecule has 0 bridgehead atoms. The number of nitrogens with one attached hydrogen (secondary N) is 2. The van der Waals surface area contributed by atoms with Crippen molar-refractivity contribution in [1.29, 1.82) is 0 Å². The molecule has 27 heavy (non-hydrogen) atoms. The van der Waals surface area contributed by atoms with Crippen LogP contribution in [0.4, 0.5) is 5.69 Å². The van der Waals surface area contributed by atoms with Crippen molar-refractivity contribution in [3.63, 3.8) is 0 Å². The van der Waals surface area contributed by atoms with Crippen molar-refractivity contribution in [3.05, 3.63) is 77.0 Å². The molecule has 0 aliphatic carbocycles. The Hall–Kier alpha value is -3.41. The molecule has 1 fully saturated rings. The van der Waals surface area contributed by atoms with Crippen LogP contribution in [-0.2, 0) is 4.74 Å². The third-order valence-electron chi connectivity index (χ3n) is 4.42. The van der Waals surface area contributed by atoms with Crippen molar-refractivity contribution < 1.29 is 13.9 Å². The molecular weight excluding hydrogens is 342 g/mol. The van der Waals surface area contributed by atoms with Gasteiger partial charge in [-0.15, -0.1) is 0 Å². The maximum Gasteiger partial charge on any atom is 0.251 e. The molecule has 1 amide bonds. The van der Waals surface area contributed by atoms with Gasteiger partial charge in [-0.1, -0.05) is 12.1 Å². The molecule has 0 saturated carbocycles. The number of furan rings is 1. The molecule has 0 radical (unpaired) electrons. The van der Waals surface area contributed by atoms with E-state index in [4.69, 9.17) is 14.9 Å². The zero-order chi connectivity index (χ0) is 19.0. The summed E-state index contributed by atoms with van der Waals surface area (Å²) in [6.07, 6.45) is -0.180. The van der Waals surface area contributed by atoms with Crippen LogP contribution in [0.3, 0.4) is 0 Å². The molecule has 1 unspecified atom stereocenters. The molecule has 2 aromatic carbocycles. The van der Waals surface area contributed by atoms with E-state index >= 15 is 0 Å². The summed E-state index contributed by atoms with van der Waals surface area (Å²) < 4.78 is 11.2. The molecule has 2 heterocycles. The second-order valence-electron chi connectivity index (χ2n) is 6.49. The molecular formula is C21H21N3O3. The van der Waals surface area contributed by atoms with E-state index in [2.05, 4.69) is 10.6 Å². The van der Waals surface area contributed by atoms with E-state index in [0.29, 0.717) is 23.7 Å². The van der Waals surface area contributed by atoms with Crippen LogP contribution in [0.5, 0.6) is 0 Å². The number of hydrogen-bond donors (Lipinski definition) is 3. The average molecular weight is 363 g/mol. The molecule has 0 spiro atoms. The van der Waals surface area contributed by atoms with Crippen molar-refractivity contribution in [2.45, 2.75) is 20.0 Å². The second kappa shape index (κ2) is 6.72. The Morgan fingerprint density at radius 1 is 1.15 bits per heavy atom. The SMILES string of the molecule is CCNC(=O)c1ccc(C2OC2=C(N)Nc2ccc3oc(C)cc3c2)cc1. The van der Waals surface area contributed by atoms with Crippen LogP contribution in [0.15, 0.2) is 64.5 Å². The topological polar surface area (TPSA) is 92.8 Å². The monoisotopic (exact) mass is 363 g/mol. The van der Waals surface area contributed by atoms with Gasteiger partial charge in [0.25, 0.3) is 5.91 Å². The van der Waals surface area contributed by atoms with Crippen LogP contribution in [0.2, 0.25) is 0 Å². The third-order valence-corrected chi connectivity index (χ3v) is 4.42. The van der Waals surface area contributed by atoms with Crippen LogP contribution in [0.1, 0.15) is 34.7 Å². The van der Waals surface area contributed by atoms with Gasteiger partial charge in [0, 0.05) is 28.7 Å². The number of anilines is 1. The number of rotatable bonds is 5. The number of epoxide rings is 1. The lowest BCUT2D eigenvalue weighted by Gasteiger charge is -2.04. The fourth-order valence-corrected chi connectivity index (χ4v) is 3.06. The first kappa shape index (κ1) is 17.0. The lowest BCUT2D eigenvalue weighted by molar-refractivity contribution is 0.0956. The zero-order valence-corrected chi connectivity index (χ0v) is 15.2. The summed E-state index contributed by atoms with van der Waals surface area (Å²) in [5, 5.41) is 6.97. The highest BCUT2D eigenvalue weighted by Crippen LogP contribution is 2.44. The zero-order valence-electron chi connectivity index (χ0n) is 15.2. The Bertz CT molecular complexity index is 1030. The van der Waals surface area contributed by atoms with E-state index in [9.17, 15) is 4.79 Å². The molecule has 4 rings (SSSR count). The van der Waals surface area contributed by atoms with Gasteiger partial charge in [-0.3, -0.25) is 4.79 Å². The van der Waals surface area contributed by atoms with E-state index in [1.807, 2.05) is 50.2 Å². The number of benzene rings is 2. The molecule has 1 atom stereocenters. The number of fused-ring (bicyclic) bond motifs is 1. The third kappa shape index (κ3) is 3.46. The maximum absolute atomic E-state index is 11.8. The molecule has 1 aliphatic heterocycles. The summed E-state index contributed by atoms with van der Waals surface area (Å²) in [4.78, 5) is 11.8. The van der Waals surface area contributed by atoms with Gasteiger partial charge in [0.05, 0.1) is 0 Å². The number of ether oxygens (including phenoxy) is 1. The standard InChI is InChI=1S/C21H21N3O3/c1-3-23-21(25)14-6-4-13(5-7-14)18-19(27-18)20(22)24-16-8-9-17-15(11-16)10-12(2)26-17/h4-11,18,24H,3,22H2,1-2H3,(H,23,25). The highest BCUT2D eigenvalue weighted by Gasteiger charge is 2.37. The largest absolute Gasteiger partial charge is 0.474 e. The molecule has 138 valence electrons. The molecule has 1 aromatic heterocycles. The summed E-state index contributed by atoms with van der Waals surface area (Å²) in [5.41, 5.74) is 9.46. The minimum atomic E-state index is -0.180. The number of amides is 1. The van der Waals surface area contributed by atoms with Gasteiger partial charge in [-0.25, -0.2) is 0 Å². The van der Waals surface area contributed by atoms with Crippen molar-refractivity contribution in [3.8, 4) is 0 Å². The summed E-state index contributed by atoms with van der Waals surface area (Å²) >= 11 is 0. The van der Waals surface area contributed by atoms with Crippen LogP contribution in [-0.4, -0.2) is 12.5 Å². The maximum atomic E-state index is 11.8. The van der Waals surface area contributed by atoms with Gasteiger partial charge in [0.2, 0.25) is 0 Å². The summed E-state index contributed by atoms with van der Waals surface area (Å²) in [5.74, 6) is 1.97. The first-order valence-corrected chi connectivity index (χ1v) is 8.87. The van der Waals surface area contributed by atoms with Crippen molar-refractivity contribution in [2.75, 3.05) is 11.9 Å². The number of carbonyl (C=O) groups is 1. The number of nitrogens with two attached hydrogens (primary N) is 1. The normalized spacial score (nSPS) is 17.3. The fourth-order valence-electron chi connectivity index (χ4n) is 3.06. The van der Waals surface area contributed by atoms with E-state index in [1.54, 1.807) is 12.1 Å². The number of carbonyl (C=O) groups excluding carboxylic acids is 1. The Morgan fingerprint density at radius 3 is 2.67 bits per heavy atom. The van der Waals surface area contributed by atoms with Crippen molar-refractivity contribution in [1.82, 2.24) is 5.32 Å². The van der Waals surface area contributed by atoms with E-state index in [-0.39, 0.29) is 12.0 Å². The Kier molecular flexibility index (Phi) is 4.24. The highest BCUT2D eigenvalue weighted by molar-refractivity contribution is 5.94. The summed E-state index contributed by atoms with van der Waals surface area (Å²) in [6.45, 7) is 4.41. The van der Waals surface area contributed by atoms with Crippen molar-refractivity contribution >= 4 is 22.6 Å². The van der Waals surface area contributed by atoms with Gasteiger partial charge in [0.15, 0.2) is 11.9 Å². The van der Waals surface area contributed by atoms with Crippen LogP contribution >= 0.6 is 0 Å². The van der Waals surface area contributed by atoms with E-state index in [0.717, 1.165) is 28.0 Å². The van der Waals surface area contributed by atoms with E-state index < -0.39 is 0 Å². The Labute approximate surface area is 157 Å². The molecule has 1 aliphatic rings. The Balaban J connectivity index is 1.47. The molecule has 4 N–H and O–H groups in total. The molecule has 1 saturated heterocycles. The minimum Gasteiger partial charge on any atom is -0.474 e. The number of aryl methyl sites for hydroxylation is 1. The van der Waals surface area contributed by atoms with E-state index in [1.165, 1.54) is 0 Å². The first-order valence-electron chi connectivity index (χ1n) is 8.87. The van der Waals surface area contributed by atoms with Crippen molar-refractivity contribution in [2.24, 2.45) is 5.73 Å². The van der Waals surface area contributed by atoms with Gasteiger partial charge in [-0.2, -0.15) is 0 Å². The quantitative estimate of drug-likeness (QED) is 0.600. The van der Waals surface area contributed by atoms with Gasteiger partial charge in [0.1, 0.15) is 17.2 Å². The van der Waals surface area contributed by atoms with Gasteiger partial charge < -0.3 is 25.5 Å². The second-order valence-corrected chi connectivity index (χ2v) is 6.49. The highest BCUT2D eigenvalue weighted by atomic mass is 16.6. The average Bonchev–Trinajstić information content (AvgIpc) is 3.37. The summed E-state index contributed by atoms with van der Waals surface area (Å²) in [7, 11) is 0. The smallest absolute Gasteiger partial charge is 0.251 e. The Morgan fingerprint density at radius 2 is 1.93 bits per heavy atom. The lowest BCUT2D eigenvalue weighted by atomic mass is 10.1. The molecule has 3 aromatic rings. The van der Waals surface area contributed by atoms with Crippen LogP contribution < -0.4 is 16.4 Å². The van der Waals surface area contributed by atoms with Crippen LogP contribution in [0, 0.1) is 6.92 Å². The lowest BCUT2D eigenvalue weighted by Crippen LogP contribution is -2.22.